The highest BCUT2D eigenvalue weighted by atomic mass is 79.9. The van der Waals surface area contributed by atoms with Crippen LogP contribution in [0, 0.1) is 0 Å². The van der Waals surface area contributed by atoms with Gasteiger partial charge in [0.05, 0.1) is 18.2 Å². The number of methoxy groups -OCH3 is 1. The number of hydrogen-bond donors (Lipinski definition) is 2. The summed E-state index contributed by atoms with van der Waals surface area (Å²) in [5, 5.41) is 2.64. The summed E-state index contributed by atoms with van der Waals surface area (Å²) in [7, 11) is 1.63. The van der Waals surface area contributed by atoms with Gasteiger partial charge < -0.3 is 4.74 Å². The number of hydrazine groups is 1. The summed E-state index contributed by atoms with van der Waals surface area (Å²) in [6, 6.07) is 7.49. The quantitative estimate of drug-likeness (QED) is 0.654. The maximum Gasteiger partial charge on any atom is 0.125 e. The lowest BCUT2D eigenvalue weighted by Crippen LogP contribution is -2.28. The second-order valence-corrected chi connectivity index (χ2v) is 5.89. The molecule has 1 aromatic carbocycles. The minimum atomic E-state index is -0.180. The number of nitrogens with one attached hydrogen (secondary N) is 1. The molecule has 3 N–H and O–H groups in total. The smallest absolute Gasteiger partial charge is 0.125 e. The highest BCUT2D eigenvalue weighted by Gasteiger charge is 2.20. The number of ether oxygens (including phenoxy) is 1. The Hall–Kier alpha value is -0.590. The number of rotatable bonds is 4. The van der Waals surface area contributed by atoms with E-state index in [2.05, 4.69) is 21.4 Å². The predicted octanol–water partition coefficient (Wildman–Crippen LogP) is 3.73. The van der Waals surface area contributed by atoms with E-state index in [1.807, 2.05) is 29.6 Å². The highest BCUT2D eigenvalue weighted by molar-refractivity contribution is 9.10. The summed E-state index contributed by atoms with van der Waals surface area (Å²) in [6.07, 6.45) is 0. The molecule has 0 radical (unpaired) electrons. The van der Waals surface area contributed by atoms with Crippen molar-refractivity contribution in [2.24, 2.45) is 5.84 Å². The topological polar surface area (TPSA) is 47.3 Å². The van der Waals surface area contributed by atoms with Gasteiger partial charge in [0, 0.05) is 14.9 Å². The number of thiophene rings is 1. The Morgan fingerprint density at radius 2 is 2.22 bits per heavy atom. The lowest BCUT2D eigenvalue weighted by Gasteiger charge is -2.18. The van der Waals surface area contributed by atoms with Crippen LogP contribution in [0.1, 0.15) is 16.5 Å². The van der Waals surface area contributed by atoms with E-state index in [9.17, 15) is 0 Å². The fourth-order valence-electron chi connectivity index (χ4n) is 1.74. The van der Waals surface area contributed by atoms with Crippen LogP contribution in [0.4, 0.5) is 0 Å². The molecule has 0 spiro atoms. The van der Waals surface area contributed by atoms with Crippen molar-refractivity contribution in [1.29, 1.82) is 0 Å². The summed E-state index contributed by atoms with van der Waals surface area (Å²) in [6.45, 7) is 0. The van der Waals surface area contributed by atoms with Crippen LogP contribution in [0.2, 0.25) is 5.02 Å². The molecular formula is C12H12BrClN2OS. The van der Waals surface area contributed by atoms with E-state index in [4.69, 9.17) is 22.2 Å². The monoisotopic (exact) mass is 346 g/mol. The second kappa shape index (κ2) is 6.04. The fraction of sp³-hybridized carbons (Fsp3) is 0.167. The molecule has 6 heteroatoms. The first kappa shape index (κ1) is 13.8. The SMILES string of the molecule is COc1cc(Br)ccc1C(NN)c1sccc1Cl. The summed E-state index contributed by atoms with van der Waals surface area (Å²) in [5.74, 6) is 6.42. The predicted molar refractivity (Wildman–Crippen MR) is 79.2 cm³/mol. The van der Waals surface area contributed by atoms with E-state index in [0.717, 1.165) is 20.7 Å². The summed E-state index contributed by atoms with van der Waals surface area (Å²) in [4.78, 5) is 0.972. The van der Waals surface area contributed by atoms with Crippen LogP contribution in [-0.4, -0.2) is 7.11 Å². The molecule has 2 aromatic rings. The van der Waals surface area contributed by atoms with E-state index in [-0.39, 0.29) is 6.04 Å². The van der Waals surface area contributed by atoms with Crippen LogP contribution in [0.25, 0.3) is 0 Å². The Labute approximate surface area is 123 Å². The Kier molecular flexibility index (Phi) is 4.64. The fourth-order valence-corrected chi connectivity index (χ4v) is 3.32. The summed E-state index contributed by atoms with van der Waals surface area (Å²) >= 11 is 11.1. The van der Waals surface area contributed by atoms with Gasteiger partial charge >= 0.3 is 0 Å². The standard InChI is InChI=1S/C12H12BrClN2OS/c1-17-10-6-7(13)2-3-8(10)11(16-15)12-9(14)4-5-18-12/h2-6,11,16H,15H2,1H3. The molecule has 18 heavy (non-hydrogen) atoms. The molecular weight excluding hydrogens is 336 g/mol. The highest BCUT2D eigenvalue weighted by Crippen LogP contribution is 2.37. The maximum atomic E-state index is 6.15. The Morgan fingerprint density at radius 3 is 2.78 bits per heavy atom. The molecule has 2 rings (SSSR count). The van der Waals surface area contributed by atoms with Crippen molar-refractivity contribution in [3.63, 3.8) is 0 Å². The zero-order valence-electron chi connectivity index (χ0n) is 9.61. The van der Waals surface area contributed by atoms with Gasteiger partial charge in [-0.05, 0) is 23.6 Å². The Bertz CT molecular complexity index is 547. The van der Waals surface area contributed by atoms with Gasteiger partial charge in [-0.2, -0.15) is 0 Å². The van der Waals surface area contributed by atoms with Gasteiger partial charge in [0.1, 0.15) is 5.75 Å². The van der Waals surface area contributed by atoms with E-state index < -0.39 is 0 Å². The molecule has 0 aliphatic heterocycles. The van der Waals surface area contributed by atoms with Crippen LogP contribution >= 0.6 is 38.9 Å². The molecule has 0 saturated heterocycles. The van der Waals surface area contributed by atoms with Crippen molar-refractivity contribution >= 4 is 38.9 Å². The largest absolute Gasteiger partial charge is 0.496 e. The summed E-state index contributed by atoms with van der Waals surface area (Å²) < 4.78 is 6.34. The third kappa shape index (κ3) is 2.70. The third-order valence-corrected chi connectivity index (χ3v) is 4.50. The van der Waals surface area contributed by atoms with Crippen molar-refractivity contribution in [2.75, 3.05) is 7.11 Å². The van der Waals surface area contributed by atoms with Crippen LogP contribution < -0.4 is 16.0 Å². The van der Waals surface area contributed by atoms with E-state index in [1.54, 1.807) is 18.4 Å². The van der Waals surface area contributed by atoms with Gasteiger partial charge in [0.25, 0.3) is 0 Å². The first-order chi connectivity index (χ1) is 8.67. The normalized spacial score (nSPS) is 12.4. The van der Waals surface area contributed by atoms with E-state index in [1.165, 1.54) is 0 Å². The molecule has 1 aromatic heterocycles. The zero-order chi connectivity index (χ0) is 13.1. The molecule has 0 amide bonds. The lowest BCUT2D eigenvalue weighted by molar-refractivity contribution is 0.404. The van der Waals surface area contributed by atoms with E-state index >= 15 is 0 Å². The molecule has 0 fully saturated rings. The molecule has 1 unspecified atom stereocenters. The van der Waals surface area contributed by atoms with Crippen molar-refractivity contribution in [2.45, 2.75) is 6.04 Å². The van der Waals surface area contributed by atoms with Gasteiger partial charge in [-0.25, -0.2) is 5.43 Å². The molecule has 0 bridgehead atoms. The van der Waals surface area contributed by atoms with E-state index in [0.29, 0.717) is 5.02 Å². The Balaban J connectivity index is 2.48. The van der Waals surface area contributed by atoms with Gasteiger partial charge in [0.2, 0.25) is 0 Å². The van der Waals surface area contributed by atoms with Crippen LogP contribution in [0.5, 0.6) is 5.75 Å². The maximum absolute atomic E-state index is 6.15. The van der Waals surface area contributed by atoms with Gasteiger partial charge in [-0.3, -0.25) is 5.84 Å². The summed E-state index contributed by atoms with van der Waals surface area (Å²) in [5.41, 5.74) is 3.74. The number of benzene rings is 1. The molecule has 96 valence electrons. The molecule has 0 aliphatic carbocycles. The second-order valence-electron chi connectivity index (χ2n) is 3.62. The van der Waals surface area contributed by atoms with Crippen molar-refractivity contribution in [3.05, 3.63) is 49.6 Å². The zero-order valence-corrected chi connectivity index (χ0v) is 12.8. The Morgan fingerprint density at radius 1 is 1.44 bits per heavy atom. The van der Waals surface area contributed by atoms with Crippen molar-refractivity contribution in [1.82, 2.24) is 5.43 Å². The minimum Gasteiger partial charge on any atom is -0.496 e. The van der Waals surface area contributed by atoms with Crippen LogP contribution in [-0.2, 0) is 0 Å². The van der Waals surface area contributed by atoms with Gasteiger partial charge in [-0.1, -0.05) is 33.6 Å². The van der Waals surface area contributed by atoms with Crippen molar-refractivity contribution < 1.29 is 4.74 Å². The lowest BCUT2D eigenvalue weighted by atomic mass is 10.0. The molecule has 1 heterocycles. The van der Waals surface area contributed by atoms with Gasteiger partial charge in [-0.15, -0.1) is 11.3 Å². The number of halogens is 2. The van der Waals surface area contributed by atoms with Crippen LogP contribution in [0.3, 0.4) is 0 Å². The van der Waals surface area contributed by atoms with Gasteiger partial charge in [0.15, 0.2) is 0 Å². The van der Waals surface area contributed by atoms with Crippen LogP contribution in [0.15, 0.2) is 34.1 Å². The van der Waals surface area contributed by atoms with Crippen molar-refractivity contribution in [3.8, 4) is 5.75 Å². The first-order valence-corrected chi connectivity index (χ1v) is 7.25. The molecule has 1 atom stereocenters. The third-order valence-electron chi connectivity index (χ3n) is 2.58. The number of nitrogens with two attached hydrogens (primary N) is 1. The molecule has 3 nitrogen and oxygen atoms in total. The minimum absolute atomic E-state index is 0.180. The average Bonchev–Trinajstić information content (AvgIpc) is 2.78. The molecule has 0 aliphatic rings. The average molecular weight is 348 g/mol. The molecule has 0 saturated carbocycles. The number of hydrogen-bond acceptors (Lipinski definition) is 4. The first-order valence-electron chi connectivity index (χ1n) is 5.19.